The number of hydrogen-bond donors (Lipinski definition) is 2. The van der Waals surface area contributed by atoms with Gasteiger partial charge in [-0.15, -0.1) is 0 Å². The van der Waals surface area contributed by atoms with Gasteiger partial charge in [0.15, 0.2) is 18.0 Å². The molecule has 0 saturated carbocycles. The molecule has 0 rings (SSSR count). The number of carbonyl (C=O) groups excluding carboxylic acids is 5. The summed E-state index contributed by atoms with van der Waals surface area (Å²) in [6.07, 6.45) is -7.29. The highest BCUT2D eigenvalue weighted by molar-refractivity contribution is 6.38. The van der Waals surface area contributed by atoms with E-state index in [1.807, 2.05) is 0 Å². The fourth-order valence-corrected chi connectivity index (χ4v) is 1.80. The average molecular weight is 348 g/mol. The standard InChI is InChI=1S/C14H20O10/c1-6(16)11(21)13(23-8(3)18)14(24-9(4)19)12(10(20)5-15)22-7(2)17/h10,12-15,20H,5H2,1-4H3/t10-,12-,13+,14+/m1/s1. The maximum Gasteiger partial charge on any atom is 0.303 e. The van der Waals surface area contributed by atoms with E-state index < -0.39 is 60.5 Å². The number of aliphatic hydroxyl groups is 2. The first-order chi connectivity index (χ1) is 11.0. The summed E-state index contributed by atoms with van der Waals surface area (Å²) in [7, 11) is 0. The molecular weight excluding hydrogens is 328 g/mol. The predicted octanol–water partition coefficient (Wildman–Crippen LogP) is -1.71. The summed E-state index contributed by atoms with van der Waals surface area (Å²) in [5, 5.41) is 18.9. The number of rotatable bonds is 9. The largest absolute Gasteiger partial charge is 0.456 e. The van der Waals surface area contributed by atoms with Crippen LogP contribution in [-0.2, 0) is 38.2 Å². The van der Waals surface area contributed by atoms with E-state index in [9.17, 15) is 29.1 Å². The van der Waals surface area contributed by atoms with Crippen molar-refractivity contribution in [1.29, 1.82) is 0 Å². The molecule has 136 valence electrons. The Balaban J connectivity index is 5.96. The Kier molecular flexibility index (Phi) is 8.78. The molecular formula is C14H20O10. The number of Topliss-reactive ketones (excluding diaryl/α,β-unsaturated/α-hetero) is 2. The summed E-state index contributed by atoms with van der Waals surface area (Å²) in [4.78, 5) is 57.0. The number of esters is 3. The predicted molar refractivity (Wildman–Crippen MR) is 75.4 cm³/mol. The molecule has 0 amide bonds. The SMILES string of the molecule is CC(=O)O[C@@H]([C@H](OC(C)=O)[C@@H](OC(C)=O)C(=O)C(C)=O)[C@H](O)CO. The number of hydrogen-bond acceptors (Lipinski definition) is 10. The Morgan fingerprint density at radius 1 is 0.792 bits per heavy atom. The lowest BCUT2D eigenvalue weighted by atomic mass is 9.98. The first-order valence-corrected chi connectivity index (χ1v) is 6.86. The van der Waals surface area contributed by atoms with Gasteiger partial charge in [0.05, 0.1) is 6.61 Å². The molecule has 0 aromatic heterocycles. The first-order valence-electron chi connectivity index (χ1n) is 6.86. The third-order valence-electron chi connectivity index (χ3n) is 2.69. The van der Waals surface area contributed by atoms with Gasteiger partial charge in [-0.3, -0.25) is 24.0 Å². The second-order valence-electron chi connectivity index (χ2n) is 4.85. The molecule has 10 nitrogen and oxygen atoms in total. The monoisotopic (exact) mass is 348 g/mol. The van der Waals surface area contributed by atoms with Crippen molar-refractivity contribution in [3.05, 3.63) is 0 Å². The van der Waals surface area contributed by atoms with Crippen LogP contribution in [-0.4, -0.2) is 70.7 Å². The average Bonchev–Trinajstić information content (AvgIpc) is 2.46. The third-order valence-corrected chi connectivity index (χ3v) is 2.69. The van der Waals surface area contributed by atoms with E-state index in [0.29, 0.717) is 0 Å². The molecule has 0 aliphatic rings. The molecule has 0 aliphatic heterocycles. The Labute approximate surface area is 137 Å². The highest BCUT2D eigenvalue weighted by Gasteiger charge is 2.45. The zero-order valence-electron chi connectivity index (χ0n) is 13.7. The van der Waals surface area contributed by atoms with Crippen molar-refractivity contribution in [2.75, 3.05) is 6.61 Å². The zero-order valence-corrected chi connectivity index (χ0v) is 13.7. The topological polar surface area (TPSA) is 153 Å². The molecule has 0 spiro atoms. The maximum atomic E-state index is 12.0. The molecule has 10 heteroatoms. The first kappa shape index (κ1) is 21.7. The van der Waals surface area contributed by atoms with Gasteiger partial charge in [0.2, 0.25) is 11.9 Å². The van der Waals surface area contributed by atoms with E-state index >= 15 is 0 Å². The maximum absolute atomic E-state index is 12.0. The van der Waals surface area contributed by atoms with Crippen LogP contribution in [0.25, 0.3) is 0 Å². The van der Waals surface area contributed by atoms with E-state index in [1.165, 1.54) is 0 Å². The highest BCUT2D eigenvalue weighted by atomic mass is 16.6. The van der Waals surface area contributed by atoms with Crippen molar-refractivity contribution in [3.8, 4) is 0 Å². The van der Waals surface area contributed by atoms with E-state index in [2.05, 4.69) is 0 Å². The second kappa shape index (κ2) is 9.73. The molecule has 0 heterocycles. The third kappa shape index (κ3) is 6.84. The summed E-state index contributed by atoms with van der Waals surface area (Å²) in [5.74, 6) is -5.12. The Bertz CT molecular complexity index is 512. The van der Waals surface area contributed by atoms with Crippen LogP contribution >= 0.6 is 0 Å². The van der Waals surface area contributed by atoms with Crippen LogP contribution in [0.1, 0.15) is 27.7 Å². The number of aliphatic hydroxyl groups excluding tert-OH is 2. The van der Waals surface area contributed by atoms with Gasteiger partial charge in [-0.2, -0.15) is 0 Å². The molecule has 2 N–H and O–H groups in total. The van der Waals surface area contributed by atoms with E-state index in [1.54, 1.807) is 0 Å². The Morgan fingerprint density at radius 3 is 1.54 bits per heavy atom. The van der Waals surface area contributed by atoms with Crippen LogP contribution in [0.5, 0.6) is 0 Å². The van der Waals surface area contributed by atoms with Gasteiger partial charge in [-0.1, -0.05) is 0 Å². The minimum atomic E-state index is -1.95. The highest BCUT2D eigenvalue weighted by Crippen LogP contribution is 2.18. The molecule has 0 unspecified atom stereocenters. The lowest BCUT2D eigenvalue weighted by Gasteiger charge is -2.32. The minimum absolute atomic E-state index is 0.896. The smallest absolute Gasteiger partial charge is 0.303 e. The van der Waals surface area contributed by atoms with Crippen LogP contribution in [0.2, 0.25) is 0 Å². The van der Waals surface area contributed by atoms with E-state index in [4.69, 9.17) is 19.3 Å². The van der Waals surface area contributed by atoms with Crippen LogP contribution in [0, 0.1) is 0 Å². The molecule has 0 aliphatic carbocycles. The van der Waals surface area contributed by atoms with Crippen LogP contribution in [0.4, 0.5) is 0 Å². The van der Waals surface area contributed by atoms with Gasteiger partial charge in [-0.25, -0.2) is 0 Å². The van der Waals surface area contributed by atoms with Gasteiger partial charge >= 0.3 is 17.9 Å². The Morgan fingerprint density at radius 2 is 1.21 bits per heavy atom. The fraction of sp³-hybridized carbons (Fsp3) is 0.643. The fourth-order valence-electron chi connectivity index (χ4n) is 1.80. The quantitative estimate of drug-likeness (QED) is 0.280. The van der Waals surface area contributed by atoms with Gasteiger partial charge in [-0.05, 0) is 0 Å². The van der Waals surface area contributed by atoms with Crippen LogP contribution in [0.3, 0.4) is 0 Å². The summed E-state index contributed by atoms with van der Waals surface area (Å²) in [6.45, 7) is 2.83. The molecule has 0 radical (unpaired) electrons. The van der Waals surface area contributed by atoms with Gasteiger partial charge in [0, 0.05) is 27.7 Å². The van der Waals surface area contributed by atoms with E-state index in [-0.39, 0.29) is 0 Å². The second-order valence-corrected chi connectivity index (χ2v) is 4.85. The van der Waals surface area contributed by atoms with Crippen molar-refractivity contribution < 1.29 is 48.4 Å². The van der Waals surface area contributed by atoms with E-state index in [0.717, 1.165) is 27.7 Å². The number of ketones is 2. The van der Waals surface area contributed by atoms with Gasteiger partial charge in [0.25, 0.3) is 0 Å². The van der Waals surface area contributed by atoms with Crippen molar-refractivity contribution in [2.45, 2.75) is 52.1 Å². The Hall–Kier alpha value is -2.33. The van der Waals surface area contributed by atoms with Crippen molar-refractivity contribution >= 4 is 29.5 Å². The molecule has 0 saturated heterocycles. The molecule has 4 atom stereocenters. The normalized spacial score (nSPS) is 15.4. The van der Waals surface area contributed by atoms with Crippen LogP contribution in [0.15, 0.2) is 0 Å². The van der Waals surface area contributed by atoms with Gasteiger partial charge in [0.1, 0.15) is 6.10 Å². The minimum Gasteiger partial charge on any atom is -0.456 e. The number of carbonyl (C=O) groups is 5. The lowest BCUT2D eigenvalue weighted by molar-refractivity contribution is -0.195. The summed E-state index contributed by atoms with van der Waals surface area (Å²) >= 11 is 0. The molecule has 0 aromatic rings. The molecule has 0 bridgehead atoms. The summed E-state index contributed by atoms with van der Waals surface area (Å²) in [6, 6.07) is 0. The summed E-state index contributed by atoms with van der Waals surface area (Å²) < 4.78 is 14.3. The van der Waals surface area contributed by atoms with Crippen molar-refractivity contribution in [2.24, 2.45) is 0 Å². The molecule has 0 fully saturated rings. The number of ether oxygens (including phenoxy) is 3. The van der Waals surface area contributed by atoms with Gasteiger partial charge < -0.3 is 24.4 Å². The zero-order chi connectivity index (χ0) is 19.0. The van der Waals surface area contributed by atoms with Crippen molar-refractivity contribution in [1.82, 2.24) is 0 Å². The molecule has 24 heavy (non-hydrogen) atoms. The molecule has 0 aromatic carbocycles. The lowest BCUT2D eigenvalue weighted by Crippen LogP contribution is -2.54. The van der Waals surface area contributed by atoms with Crippen molar-refractivity contribution in [3.63, 3.8) is 0 Å². The summed E-state index contributed by atoms with van der Waals surface area (Å²) in [5.41, 5.74) is 0. The van der Waals surface area contributed by atoms with Crippen LogP contribution < -0.4 is 0 Å².